The van der Waals surface area contributed by atoms with Crippen LogP contribution in [0.4, 0.5) is 0 Å². The van der Waals surface area contributed by atoms with Gasteiger partial charge in [-0.25, -0.2) is 0 Å². The molecule has 0 bridgehead atoms. The van der Waals surface area contributed by atoms with E-state index in [4.69, 9.17) is 22.1 Å². The fourth-order valence-electron chi connectivity index (χ4n) is 4.67. The highest BCUT2D eigenvalue weighted by atomic mass is 35.5. The van der Waals surface area contributed by atoms with Crippen molar-refractivity contribution in [3.63, 3.8) is 0 Å². The maximum Gasteiger partial charge on any atom is 0.258 e. The number of carbonyl (C=O) groups excluding carboxylic acids is 2. The van der Waals surface area contributed by atoms with E-state index in [2.05, 4.69) is 5.32 Å². The lowest BCUT2D eigenvalue weighted by Crippen LogP contribution is -2.50. The average molecular weight is 537 g/mol. The number of alkyl halides is 1. The molecular weight excluding hydrogens is 504 g/mol. The van der Waals surface area contributed by atoms with Gasteiger partial charge in [0.05, 0.1) is 5.56 Å². The SMILES string of the molecule is CC(C)N(CCNC(=O)C1c2ccc(Oc3ccccc3)cc2CCN1C(=O)c1ccccc1O)C(N)Cl. The molecule has 0 radical (unpaired) electrons. The Hall–Kier alpha value is -3.59. The lowest BCUT2D eigenvalue weighted by atomic mass is 9.91. The van der Waals surface area contributed by atoms with Crippen LogP contribution in [-0.2, 0) is 11.2 Å². The molecule has 2 amide bonds. The van der Waals surface area contributed by atoms with E-state index in [1.54, 1.807) is 24.3 Å². The first-order chi connectivity index (χ1) is 18.3. The standard InChI is InChI=1S/C29H33ClN4O4/c1-19(2)33(29(30)31)17-15-32-27(36)26-23-13-12-22(38-21-8-4-3-5-9-21)18-20(23)14-16-34(26)28(37)24-10-6-7-11-25(24)35/h3-13,18-19,26,29,35H,14-17,31H2,1-2H3,(H,32,36). The number of hydrogen-bond donors (Lipinski definition) is 3. The molecule has 0 fully saturated rings. The zero-order valence-electron chi connectivity index (χ0n) is 21.5. The molecule has 9 heteroatoms. The van der Waals surface area contributed by atoms with E-state index in [1.807, 2.05) is 61.2 Å². The van der Waals surface area contributed by atoms with Crippen molar-refractivity contribution in [3.8, 4) is 17.2 Å². The Morgan fingerprint density at radius 2 is 1.82 bits per heavy atom. The summed E-state index contributed by atoms with van der Waals surface area (Å²) in [6.07, 6.45) is 0.534. The van der Waals surface area contributed by atoms with Crippen molar-refractivity contribution >= 4 is 23.4 Å². The molecule has 8 nitrogen and oxygen atoms in total. The summed E-state index contributed by atoms with van der Waals surface area (Å²) >= 11 is 6.09. The molecule has 1 heterocycles. The Labute approximate surface area is 227 Å². The van der Waals surface area contributed by atoms with Crippen LogP contribution in [-0.4, -0.2) is 58.0 Å². The minimum atomic E-state index is -0.881. The molecule has 4 rings (SSSR count). The number of ether oxygens (including phenoxy) is 1. The zero-order chi connectivity index (χ0) is 27.2. The number of halogens is 1. The number of rotatable bonds is 9. The first kappa shape index (κ1) is 27.4. The summed E-state index contributed by atoms with van der Waals surface area (Å²) in [5, 5.41) is 13.3. The molecule has 4 N–H and O–H groups in total. The zero-order valence-corrected chi connectivity index (χ0v) is 22.3. The fraction of sp³-hybridized carbons (Fsp3) is 0.310. The van der Waals surface area contributed by atoms with Crippen LogP contribution in [0.25, 0.3) is 0 Å². The largest absolute Gasteiger partial charge is 0.507 e. The first-order valence-corrected chi connectivity index (χ1v) is 13.1. The number of nitrogens with zero attached hydrogens (tertiary/aromatic N) is 2. The number of benzene rings is 3. The van der Waals surface area contributed by atoms with E-state index >= 15 is 0 Å². The van der Waals surface area contributed by atoms with Crippen molar-refractivity contribution < 1.29 is 19.4 Å². The summed E-state index contributed by atoms with van der Waals surface area (Å²) in [5.74, 6) is 0.500. The molecule has 38 heavy (non-hydrogen) atoms. The van der Waals surface area contributed by atoms with Crippen molar-refractivity contribution in [1.29, 1.82) is 0 Å². The smallest absolute Gasteiger partial charge is 0.258 e. The molecule has 1 aliphatic heterocycles. The highest BCUT2D eigenvalue weighted by Crippen LogP contribution is 2.35. The van der Waals surface area contributed by atoms with E-state index in [-0.39, 0.29) is 23.3 Å². The number of hydrogen-bond acceptors (Lipinski definition) is 6. The van der Waals surface area contributed by atoms with E-state index in [0.29, 0.717) is 43.1 Å². The summed E-state index contributed by atoms with van der Waals surface area (Å²) in [4.78, 5) is 30.5. The fourth-order valence-corrected chi connectivity index (χ4v) is 5.00. The van der Waals surface area contributed by atoms with Gasteiger partial charge in [0.15, 0.2) is 0 Å². The van der Waals surface area contributed by atoms with Gasteiger partial charge in [0.25, 0.3) is 5.91 Å². The number of phenolic OH excluding ortho intramolecular Hbond substituents is 1. The van der Waals surface area contributed by atoms with Crippen LogP contribution in [0.5, 0.6) is 17.2 Å². The van der Waals surface area contributed by atoms with Crippen LogP contribution < -0.4 is 15.8 Å². The molecule has 2 atom stereocenters. The summed E-state index contributed by atoms with van der Waals surface area (Å²) in [5.41, 5.74) is 6.97. The predicted molar refractivity (Wildman–Crippen MR) is 147 cm³/mol. The van der Waals surface area contributed by atoms with Gasteiger partial charge in [-0.1, -0.05) is 48.0 Å². The van der Waals surface area contributed by atoms with E-state index in [9.17, 15) is 14.7 Å². The molecule has 3 aromatic rings. The summed E-state index contributed by atoms with van der Waals surface area (Å²) < 4.78 is 5.99. The second-order valence-corrected chi connectivity index (χ2v) is 9.89. The third-order valence-corrected chi connectivity index (χ3v) is 6.87. The number of nitrogens with one attached hydrogen (secondary N) is 1. The second-order valence-electron chi connectivity index (χ2n) is 9.44. The molecule has 0 spiro atoms. The highest BCUT2D eigenvalue weighted by Gasteiger charge is 2.37. The monoisotopic (exact) mass is 536 g/mol. The second kappa shape index (κ2) is 12.3. The topological polar surface area (TPSA) is 108 Å². The third-order valence-electron chi connectivity index (χ3n) is 6.61. The number of phenols is 1. The Balaban J connectivity index is 1.61. The number of carbonyl (C=O) groups is 2. The van der Waals surface area contributed by atoms with Gasteiger partial charge in [-0.05, 0) is 67.8 Å². The van der Waals surface area contributed by atoms with Crippen LogP contribution in [0, 0.1) is 0 Å². The highest BCUT2D eigenvalue weighted by molar-refractivity contribution is 6.19. The number of nitrogens with two attached hydrogens (primary N) is 1. The first-order valence-electron chi connectivity index (χ1n) is 12.6. The molecule has 0 saturated heterocycles. The molecule has 0 aliphatic carbocycles. The minimum absolute atomic E-state index is 0.0944. The third kappa shape index (κ3) is 6.27. The van der Waals surface area contributed by atoms with Crippen molar-refractivity contribution in [2.24, 2.45) is 5.73 Å². The van der Waals surface area contributed by atoms with Crippen LogP contribution >= 0.6 is 11.6 Å². The van der Waals surface area contributed by atoms with Crippen LogP contribution in [0.3, 0.4) is 0 Å². The molecular formula is C29H33ClN4O4. The van der Waals surface area contributed by atoms with E-state index in [0.717, 1.165) is 5.56 Å². The van der Waals surface area contributed by atoms with Gasteiger partial charge in [-0.15, -0.1) is 0 Å². The molecule has 3 aromatic carbocycles. The Kier molecular flexibility index (Phi) is 8.89. The van der Waals surface area contributed by atoms with Gasteiger partial charge in [0, 0.05) is 25.7 Å². The van der Waals surface area contributed by atoms with Crippen LogP contribution in [0.1, 0.15) is 41.4 Å². The van der Waals surface area contributed by atoms with Gasteiger partial charge in [0.2, 0.25) is 5.91 Å². The summed E-state index contributed by atoms with van der Waals surface area (Å²) in [7, 11) is 0. The molecule has 200 valence electrons. The number of para-hydroxylation sites is 2. The quantitative estimate of drug-likeness (QED) is 0.214. The van der Waals surface area contributed by atoms with Crippen LogP contribution in [0.15, 0.2) is 72.8 Å². The molecule has 1 aliphatic rings. The number of amides is 2. The van der Waals surface area contributed by atoms with Gasteiger partial charge in [-0.3, -0.25) is 14.5 Å². The minimum Gasteiger partial charge on any atom is -0.507 e. The summed E-state index contributed by atoms with van der Waals surface area (Å²) in [6, 6.07) is 20.6. The predicted octanol–water partition coefficient (Wildman–Crippen LogP) is 4.23. The average Bonchev–Trinajstić information content (AvgIpc) is 2.90. The van der Waals surface area contributed by atoms with Gasteiger partial charge < -0.3 is 25.8 Å². The van der Waals surface area contributed by atoms with Crippen molar-refractivity contribution in [1.82, 2.24) is 15.1 Å². The maximum absolute atomic E-state index is 13.6. The maximum atomic E-state index is 13.6. The van der Waals surface area contributed by atoms with Crippen molar-refractivity contribution in [3.05, 3.63) is 89.5 Å². The lowest BCUT2D eigenvalue weighted by molar-refractivity contribution is -0.126. The Morgan fingerprint density at radius 1 is 1.11 bits per heavy atom. The van der Waals surface area contributed by atoms with Crippen LogP contribution in [0.2, 0.25) is 0 Å². The van der Waals surface area contributed by atoms with Gasteiger partial charge >= 0.3 is 0 Å². The van der Waals surface area contributed by atoms with Crippen molar-refractivity contribution in [2.75, 3.05) is 19.6 Å². The Morgan fingerprint density at radius 3 is 2.50 bits per heavy atom. The van der Waals surface area contributed by atoms with Crippen molar-refractivity contribution in [2.45, 2.75) is 38.0 Å². The molecule has 0 aromatic heterocycles. The Bertz CT molecular complexity index is 1260. The number of aromatic hydroxyl groups is 1. The normalized spacial score (nSPS) is 15.7. The van der Waals surface area contributed by atoms with Gasteiger partial charge in [0.1, 0.15) is 28.9 Å². The lowest BCUT2D eigenvalue weighted by Gasteiger charge is -2.37. The molecule has 2 unspecified atom stereocenters. The summed E-state index contributed by atoms with van der Waals surface area (Å²) in [6.45, 7) is 5.01. The molecule has 0 saturated carbocycles. The van der Waals surface area contributed by atoms with Gasteiger partial charge in [-0.2, -0.15) is 0 Å². The number of fused-ring (bicyclic) bond motifs is 1. The van der Waals surface area contributed by atoms with E-state index in [1.165, 1.54) is 11.0 Å². The van der Waals surface area contributed by atoms with E-state index < -0.39 is 17.6 Å².